The Hall–Kier alpha value is -2.05. The van der Waals surface area contributed by atoms with Crippen molar-refractivity contribution >= 4 is 18.0 Å². The van der Waals surface area contributed by atoms with E-state index >= 15 is 0 Å². The number of anilines is 1. The number of amides is 3. The van der Waals surface area contributed by atoms with Crippen molar-refractivity contribution in [1.29, 1.82) is 0 Å². The summed E-state index contributed by atoms with van der Waals surface area (Å²) in [7, 11) is 0. The minimum atomic E-state index is -0.347. The summed E-state index contributed by atoms with van der Waals surface area (Å²) in [6.45, 7) is 5.59. The average Bonchev–Trinajstić information content (AvgIpc) is 3.07. The summed E-state index contributed by atoms with van der Waals surface area (Å²) in [4.78, 5) is 29.3. The number of nitrogens with one attached hydrogen (secondary N) is 2. The van der Waals surface area contributed by atoms with Gasteiger partial charge in [-0.1, -0.05) is 13.8 Å². The number of carbonyl (C=O) groups excluding carboxylic acids is 2. The molecule has 3 amide bonds. The second kappa shape index (κ2) is 7.10. The van der Waals surface area contributed by atoms with E-state index in [1.54, 1.807) is 11.2 Å². The lowest BCUT2D eigenvalue weighted by Crippen LogP contribution is -2.41. The highest BCUT2D eigenvalue weighted by Gasteiger charge is 2.18. The van der Waals surface area contributed by atoms with Gasteiger partial charge < -0.3 is 14.6 Å². The molecular formula is C14H22N4O3. The normalized spacial score (nSPS) is 14.5. The van der Waals surface area contributed by atoms with Gasteiger partial charge in [0.05, 0.1) is 12.2 Å². The Morgan fingerprint density at radius 2 is 2.10 bits per heavy atom. The van der Waals surface area contributed by atoms with Gasteiger partial charge in [0, 0.05) is 13.1 Å². The first kappa shape index (κ1) is 15.3. The minimum absolute atomic E-state index is 0.0861. The smallest absolute Gasteiger partial charge is 0.317 e. The highest BCUT2D eigenvalue weighted by Crippen LogP contribution is 2.11. The molecule has 0 aromatic carbocycles. The fourth-order valence-corrected chi connectivity index (χ4v) is 2.23. The molecule has 2 rings (SSSR count). The van der Waals surface area contributed by atoms with Crippen LogP contribution in [0, 0.1) is 5.92 Å². The Bertz CT molecular complexity index is 492. The van der Waals surface area contributed by atoms with Gasteiger partial charge in [0.25, 0.3) is 0 Å². The Kier molecular flexibility index (Phi) is 5.19. The number of aromatic nitrogens is 1. The summed E-state index contributed by atoms with van der Waals surface area (Å²) in [5, 5.41) is 5.12. The van der Waals surface area contributed by atoms with Crippen molar-refractivity contribution in [3.8, 4) is 0 Å². The number of rotatable bonds is 5. The van der Waals surface area contributed by atoms with Crippen molar-refractivity contribution in [3.05, 3.63) is 12.0 Å². The highest BCUT2D eigenvalue weighted by atomic mass is 16.4. The first-order valence-electron chi connectivity index (χ1n) is 7.31. The summed E-state index contributed by atoms with van der Waals surface area (Å²) in [5.74, 6) is 0.124. The van der Waals surface area contributed by atoms with E-state index in [0.717, 1.165) is 38.0 Å². The van der Waals surface area contributed by atoms with Gasteiger partial charge in [0.1, 0.15) is 6.26 Å². The van der Waals surface area contributed by atoms with Gasteiger partial charge in [-0.25, -0.2) is 4.79 Å². The topological polar surface area (TPSA) is 87.5 Å². The van der Waals surface area contributed by atoms with Crippen molar-refractivity contribution in [2.24, 2.45) is 5.92 Å². The molecule has 21 heavy (non-hydrogen) atoms. The van der Waals surface area contributed by atoms with E-state index in [1.807, 2.05) is 0 Å². The molecule has 1 aromatic heterocycles. The van der Waals surface area contributed by atoms with E-state index in [1.165, 1.54) is 0 Å². The van der Waals surface area contributed by atoms with Crippen LogP contribution in [0.25, 0.3) is 0 Å². The molecule has 0 saturated carbocycles. The van der Waals surface area contributed by atoms with Crippen LogP contribution in [0.3, 0.4) is 0 Å². The third kappa shape index (κ3) is 4.77. The van der Waals surface area contributed by atoms with Crippen molar-refractivity contribution < 1.29 is 14.0 Å². The van der Waals surface area contributed by atoms with Crippen LogP contribution in [0.4, 0.5) is 10.8 Å². The van der Waals surface area contributed by atoms with Crippen molar-refractivity contribution in [1.82, 2.24) is 15.2 Å². The predicted molar refractivity (Wildman–Crippen MR) is 77.9 cm³/mol. The van der Waals surface area contributed by atoms with Crippen LogP contribution in [0.2, 0.25) is 0 Å². The zero-order chi connectivity index (χ0) is 15.2. The molecule has 0 atom stereocenters. The second-order valence-electron chi connectivity index (χ2n) is 5.64. The Labute approximate surface area is 124 Å². The number of urea groups is 1. The number of carbonyl (C=O) groups is 2. The van der Waals surface area contributed by atoms with E-state index in [9.17, 15) is 9.59 Å². The maximum Gasteiger partial charge on any atom is 0.317 e. The second-order valence-corrected chi connectivity index (χ2v) is 5.64. The molecule has 2 N–H and O–H groups in total. The first-order valence-corrected chi connectivity index (χ1v) is 7.31. The fraction of sp³-hybridized carbons (Fsp3) is 0.643. The molecular weight excluding hydrogens is 272 g/mol. The van der Waals surface area contributed by atoms with Gasteiger partial charge in [-0.2, -0.15) is 4.98 Å². The molecule has 1 aliphatic rings. The average molecular weight is 294 g/mol. The maximum absolute atomic E-state index is 11.7. The molecule has 1 aromatic rings. The predicted octanol–water partition coefficient (Wildman–Crippen LogP) is 1.62. The number of nitrogens with zero attached hydrogens (tertiary/aromatic N) is 2. The van der Waals surface area contributed by atoms with Gasteiger partial charge in [-0.05, 0) is 25.2 Å². The van der Waals surface area contributed by atoms with E-state index < -0.39 is 0 Å². The maximum atomic E-state index is 11.7. The third-order valence-electron chi connectivity index (χ3n) is 3.21. The van der Waals surface area contributed by atoms with E-state index in [4.69, 9.17) is 4.42 Å². The Morgan fingerprint density at radius 3 is 2.76 bits per heavy atom. The molecule has 0 radical (unpaired) electrons. The molecule has 0 aliphatic carbocycles. The summed E-state index contributed by atoms with van der Waals surface area (Å²) < 4.78 is 5.18. The zero-order valence-corrected chi connectivity index (χ0v) is 12.5. The molecule has 1 aliphatic heterocycles. The van der Waals surface area contributed by atoms with Crippen LogP contribution >= 0.6 is 0 Å². The highest BCUT2D eigenvalue weighted by molar-refractivity contribution is 5.92. The van der Waals surface area contributed by atoms with E-state index in [-0.39, 0.29) is 24.5 Å². The molecule has 1 fully saturated rings. The van der Waals surface area contributed by atoms with Crippen LogP contribution in [0.15, 0.2) is 10.7 Å². The van der Waals surface area contributed by atoms with Crippen LogP contribution in [0.5, 0.6) is 0 Å². The van der Waals surface area contributed by atoms with Gasteiger partial charge >= 0.3 is 12.0 Å². The number of likely N-dealkylation sites (tertiary alicyclic amines) is 1. The molecule has 0 bridgehead atoms. The van der Waals surface area contributed by atoms with Crippen molar-refractivity contribution in [3.63, 3.8) is 0 Å². The monoisotopic (exact) mass is 294 g/mol. The Balaban J connectivity index is 1.73. The van der Waals surface area contributed by atoms with Crippen LogP contribution in [0.1, 0.15) is 32.4 Å². The molecule has 7 nitrogen and oxygen atoms in total. The van der Waals surface area contributed by atoms with Gasteiger partial charge in [-0.3, -0.25) is 10.1 Å². The van der Waals surface area contributed by atoms with Crippen LogP contribution < -0.4 is 10.6 Å². The third-order valence-corrected chi connectivity index (χ3v) is 3.21. The lowest BCUT2D eigenvalue weighted by molar-refractivity contribution is -0.115. The molecule has 2 heterocycles. The fourth-order valence-electron chi connectivity index (χ4n) is 2.23. The molecule has 0 unspecified atom stereocenters. The van der Waals surface area contributed by atoms with E-state index in [2.05, 4.69) is 29.5 Å². The zero-order valence-electron chi connectivity index (χ0n) is 12.5. The lowest BCUT2D eigenvalue weighted by Gasteiger charge is -2.15. The van der Waals surface area contributed by atoms with Crippen LogP contribution in [-0.2, 0) is 11.2 Å². The molecule has 1 saturated heterocycles. The SMILES string of the molecule is CC(C)Cc1coc(NC(=O)CNC(=O)N2CCCC2)n1. The number of hydrogen-bond acceptors (Lipinski definition) is 4. The largest absolute Gasteiger partial charge is 0.432 e. The quantitative estimate of drug-likeness (QED) is 0.863. The number of oxazole rings is 1. The summed E-state index contributed by atoms with van der Waals surface area (Å²) in [5.41, 5.74) is 0.807. The first-order chi connectivity index (χ1) is 10.0. The molecule has 7 heteroatoms. The summed E-state index contributed by atoms with van der Waals surface area (Å²) in [6.07, 6.45) is 4.38. The molecule has 0 spiro atoms. The van der Waals surface area contributed by atoms with Gasteiger partial charge in [0.2, 0.25) is 5.91 Å². The summed E-state index contributed by atoms with van der Waals surface area (Å²) >= 11 is 0. The van der Waals surface area contributed by atoms with Crippen molar-refractivity contribution in [2.75, 3.05) is 25.0 Å². The lowest BCUT2D eigenvalue weighted by atomic mass is 10.1. The Morgan fingerprint density at radius 1 is 1.38 bits per heavy atom. The molecule has 116 valence electrons. The van der Waals surface area contributed by atoms with Gasteiger partial charge in [-0.15, -0.1) is 0 Å². The number of hydrogen-bond donors (Lipinski definition) is 2. The van der Waals surface area contributed by atoms with Gasteiger partial charge in [0.15, 0.2) is 0 Å². The summed E-state index contributed by atoms with van der Waals surface area (Å²) in [6, 6.07) is -0.0263. The van der Waals surface area contributed by atoms with E-state index in [0.29, 0.717) is 5.92 Å². The minimum Gasteiger partial charge on any atom is -0.432 e. The standard InChI is InChI=1S/C14H22N4O3/c1-10(2)7-11-9-21-13(16-11)17-12(19)8-15-14(20)18-5-3-4-6-18/h9-10H,3-8H2,1-2H3,(H,15,20)(H,16,17,19). The van der Waals surface area contributed by atoms with Crippen LogP contribution in [-0.4, -0.2) is 41.5 Å². The van der Waals surface area contributed by atoms with Crippen molar-refractivity contribution in [2.45, 2.75) is 33.1 Å².